The van der Waals surface area contributed by atoms with Gasteiger partial charge in [-0.25, -0.2) is 4.98 Å². The van der Waals surface area contributed by atoms with E-state index >= 15 is 0 Å². The smallest absolute Gasteiger partial charge is 0.227 e. The fourth-order valence-corrected chi connectivity index (χ4v) is 2.66. The molecule has 0 atom stereocenters. The molecule has 0 fully saturated rings. The van der Waals surface area contributed by atoms with Gasteiger partial charge in [-0.05, 0) is 36.2 Å². The first-order valence-corrected chi connectivity index (χ1v) is 8.77. The van der Waals surface area contributed by atoms with E-state index in [0.29, 0.717) is 6.54 Å². The van der Waals surface area contributed by atoms with Gasteiger partial charge < -0.3 is 15.0 Å². The van der Waals surface area contributed by atoms with E-state index in [-0.39, 0.29) is 0 Å². The van der Waals surface area contributed by atoms with E-state index in [2.05, 4.69) is 51.4 Å². The lowest BCUT2D eigenvalue weighted by molar-refractivity contribution is 0.414. The van der Waals surface area contributed by atoms with E-state index in [1.807, 2.05) is 36.4 Å². The summed E-state index contributed by atoms with van der Waals surface area (Å²) < 4.78 is 5.19. The van der Waals surface area contributed by atoms with Crippen molar-refractivity contribution in [3.05, 3.63) is 78.0 Å². The highest BCUT2D eigenvalue weighted by Crippen LogP contribution is 2.16. The zero-order valence-corrected chi connectivity index (χ0v) is 15.2. The molecule has 1 heterocycles. The summed E-state index contributed by atoms with van der Waals surface area (Å²) in [5.74, 6) is 2.41. The number of anilines is 2. The highest BCUT2D eigenvalue weighted by molar-refractivity contribution is 5.42. The van der Waals surface area contributed by atoms with Crippen molar-refractivity contribution in [3.63, 3.8) is 0 Å². The van der Waals surface area contributed by atoms with Crippen LogP contribution in [0.2, 0.25) is 0 Å². The van der Waals surface area contributed by atoms with E-state index in [4.69, 9.17) is 4.74 Å². The summed E-state index contributed by atoms with van der Waals surface area (Å²) in [7, 11) is 1.67. The highest BCUT2D eigenvalue weighted by atomic mass is 16.5. The molecule has 134 valence electrons. The van der Waals surface area contributed by atoms with Gasteiger partial charge in [0.1, 0.15) is 11.6 Å². The Morgan fingerprint density at radius 1 is 0.962 bits per heavy atom. The number of rotatable bonds is 8. The molecule has 5 nitrogen and oxygen atoms in total. The second-order valence-electron chi connectivity index (χ2n) is 5.94. The molecule has 0 bridgehead atoms. The van der Waals surface area contributed by atoms with E-state index in [0.717, 1.165) is 30.6 Å². The maximum Gasteiger partial charge on any atom is 0.227 e. The molecule has 0 spiro atoms. The quantitative estimate of drug-likeness (QED) is 0.663. The van der Waals surface area contributed by atoms with Crippen LogP contribution in [0.15, 0.2) is 66.9 Å². The minimum Gasteiger partial charge on any atom is -0.497 e. The Morgan fingerprint density at radius 2 is 1.73 bits per heavy atom. The van der Waals surface area contributed by atoms with Crippen LogP contribution in [0, 0.1) is 0 Å². The molecular formula is C21H24N4O. The van der Waals surface area contributed by atoms with Crippen LogP contribution in [-0.4, -0.2) is 23.6 Å². The molecule has 1 aromatic heterocycles. The van der Waals surface area contributed by atoms with Gasteiger partial charge in [0.05, 0.1) is 7.11 Å². The van der Waals surface area contributed by atoms with Crippen molar-refractivity contribution in [1.29, 1.82) is 0 Å². The molecule has 0 radical (unpaired) electrons. The van der Waals surface area contributed by atoms with Gasteiger partial charge in [0, 0.05) is 25.8 Å². The predicted octanol–water partition coefficient (Wildman–Crippen LogP) is 4.12. The van der Waals surface area contributed by atoms with Crippen LogP contribution in [0.25, 0.3) is 0 Å². The first kappa shape index (κ1) is 17.7. The zero-order chi connectivity index (χ0) is 18.2. The first-order valence-electron chi connectivity index (χ1n) is 8.77. The molecule has 0 saturated carbocycles. The van der Waals surface area contributed by atoms with Gasteiger partial charge >= 0.3 is 0 Å². The molecule has 0 saturated heterocycles. The normalized spacial score (nSPS) is 10.4. The highest BCUT2D eigenvalue weighted by Gasteiger charge is 2.09. The van der Waals surface area contributed by atoms with Crippen molar-refractivity contribution in [3.8, 4) is 5.75 Å². The van der Waals surface area contributed by atoms with Gasteiger partial charge in [-0.15, -0.1) is 0 Å². The van der Waals surface area contributed by atoms with Crippen LogP contribution < -0.4 is 15.0 Å². The fourth-order valence-electron chi connectivity index (χ4n) is 2.66. The lowest BCUT2D eigenvalue weighted by Crippen LogP contribution is -2.24. The third kappa shape index (κ3) is 4.72. The molecule has 1 N–H and O–H groups in total. The van der Waals surface area contributed by atoms with Crippen molar-refractivity contribution in [2.24, 2.45) is 0 Å². The van der Waals surface area contributed by atoms with Crippen LogP contribution >= 0.6 is 0 Å². The van der Waals surface area contributed by atoms with Crippen molar-refractivity contribution >= 4 is 11.8 Å². The Kier molecular flexibility index (Phi) is 6.04. The van der Waals surface area contributed by atoms with E-state index in [9.17, 15) is 0 Å². The Balaban J connectivity index is 1.66. The molecule has 5 heteroatoms. The molecule has 26 heavy (non-hydrogen) atoms. The van der Waals surface area contributed by atoms with Crippen LogP contribution in [0.3, 0.4) is 0 Å². The number of ether oxygens (including phenoxy) is 1. The van der Waals surface area contributed by atoms with E-state index in [1.54, 1.807) is 13.3 Å². The van der Waals surface area contributed by atoms with Crippen molar-refractivity contribution in [2.75, 3.05) is 23.9 Å². The largest absolute Gasteiger partial charge is 0.497 e. The number of methoxy groups -OCH3 is 1. The Labute approximate surface area is 154 Å². The third-order valence-corrected chi connectivity index (χ3v) is 4.16. The third-order valence-electron chi connectivity index (χ3n) is 4.16. The van der Waals surface area contributed by atoms with Gasteiger partial charge in [0.15, 0.2) is 0 Å². The van der Waals surface area contributed by atoms with Crippen molar-refractivity contribution in [1.82, 2.24) is 9.97 Å². The summed E-state index contributed by atoms with van der Waals surface area (Å²) >= 11 is 0. The molecular weight excluding hydrogens is 324 g/mol. The van der Waals surface area contributed by atoms with Gasteiger partial charge in [0.2, 0.25) is 5.95 Å². The minimum atomic E-state index is 0.700. The second kappa shape index (κ2) is 8.85. The molecule has 0 aliphatic carbocycles. The SMILES string of the molecule is CCN(Cc1ccccc1)c1nccc(NCc2ccc(OC)cc2)n1. The second-order valence-corrected chi connectivity index (χ2v) is 5.94. The van der Waals surface area contributed by atoms with Gasteiger partial charge in [-0.2, -0.15) is 4.98 Å². The van der Waals surface area contributed by atoms with E-state index < -0.39 is 0 Å². The number of hydrogen-bond acceptors (Lipinski definition) is 5. The number of hydrogen-bond donors (Lipinski definition) is 1. The monoisotopic (exact) mass is 348 g/mol. The molecule has 0 aliphatic rings. The molecule has 0 amide bonds. The van der Waals surface area contributed by atoms with Crippen LogP contribution in [0.1, 0.15) is 18.1 Å². The van der Waals surface area contributed by atoms with Gasteiger partial charge in [0.25, 0.3) is 0 Å². The summed E-state index contributed by atoms with van der Waals surface area (Å²) in [6, 6.07) is 20.3. The average Bonchev–Trinajstić information content (AvgIpc) is 2.72. The van der Waals surface area contributed by atoms with Crippen molar-refractivity contribution < 1.29 is 4.74 Å². The lowest BCUT2D eigenvalue weighted by Gasteiger charge is -2.21. The Hall–Kier alpha value is -3.08. The van der Waals surface area contributed by atoms with Gasteiger partial charge in [-0.3, -0.25) is 0 Å². The summed E-state index contributed by atoms with van der Waals surface area (Å²) in [6.45, 7) is 4.45. The molecule has 0 unspecified atom stereocenters. The van der Waals surface area contributed by atoms with Crippen molar-refractivity contribution in [2.45, 2.75) is 20.0 Å². The summed E-state index contributed by atoms with van der Waals surface area (Å²) in [6.07, 6.45) is 1.80. The number of nitrogens with zero attached hydrogens (tertiary/aromatic N) is 3. The molecule has 0 aliphatic heterocycles. The predicted molar refractivity (Wildman–Crippen MR) is 106 cm³/mol. The van der Waals surface area contributed by atoms with Crippen LogP contribution in [0.4, 0.5) is 11.8 Å². The molecule has 2 aromatic carbocycles. The number of nitrogens with one attached hydrogen (secondary N) is 1. The zero-order valence-electron chi connectivity index (χ0n) is 15.2. The van der Waals surface area contributed by atoms with Crippen LogP contribution in [-0.2, 0) is 13.1 Å². The van der Waals surface area contributed by atoms with E-state index in [1.165, 1.54) is 11.1 Å². The maximum absolute atomic E-state index is 5.19. The Morgan fingerprint density at radius 3 is 2.42 bits per heavy atom. The first-order chi connectivity index (χ1) is 12.8. The summed E-state index contributed by atoms with van der Waals surface area (Å²) in [5.41, 5.74) is 2.41. The topological polar surface area (TPSA) is 50.3 Å². The standard InChI is InChI=1S/C21H24N4O/c1-3-25(16-18-7-5-4-6-8-18)21-22-14-13-20(24-21)23-15-17-9-11-19(26-2)12-10-17/h4-14H,3,15-16H2,1-2H3,(H,22,23,24). The summed E-state index contributed by atoms with van der Waals surface area (Å²) in [5, 5.41) is 3.36. The number of benzene rings is 2. The molecule has 3 rings (SSSR count). The molecule has 3 aromatic rings. The fraction of sp³-hybridized carbons (Fsp3) is 0.238. The average molecular weight is 348 g/mol. The Bertz CT molecular complexity index is 806. The van der Waals surface area contributed by atoms with Crippen LogP contribution in [0.5, 0.6) is 5.75 Å². The summed E-state index contributed by atoms with van der Waals surface area (Å²) in [4.78, 5) is 11.3. The number of aromatic nitrogens is 2. The lowest BCUT2D eigenvalue weighted by atomic mass is 10.2. The maximum atomic E-state index is 5.19. The minimum absolute atomic E-state index is 0.700. The van der Waals surface area contributed by atoms with Gasteiger partial charge in [-0.1, -0.05) is 42.5 Å².